The zero-order valence-electron chi connectivity index (χ0n) is 11.4. The quantitative estimate of drug-likeness (QED) is 0.800. The fraction of sp³-hybridized carbons (Fsp3) is 0.231. The molecule has 0 spiro atoms. The first-order valence-corrected chi connectivity index (χ1v) is 7.77. The average molecular weight is 312 g/mol. The maximum atomic E-state index is 13.2. The largest absolute Gasteiger partial charge is 0.465 e. The minimum atomic E-state index is -3.63. The third-order valence-electron chi connectivity index (χ3n) is 2.92. The Kier molecular flexibility index (Phi) is 4.08. The van der Waals surface area contributed by atoms with E-state index in [1.165, 1.54) is 29.4 Å². The maximum absolute atomic E-state index is 13.2. The van der Waals surface area contributed by atoms with Crippen LogP contribution in [0.25, 0.3) is 5.69 Å². The lowest BCUT2D eigenvalue weighted by Gasteiger charge is -2.13. The van der Waals surface area contributed by atoms with E-state index in [0.29, 0.717) is 0 Å². The van der Waals surface area contributed by atoms with Crippen LogP contribution in [0, 0.1) is 0 Å². The fourth-order valence-corrected chi connectivity index (χ4v) is 2.80. The first-order chi connectivity index (χ1) is 9.88. The van der Waals surface area contributed by atoms with E-state index in [1.807, 2.05) is 0 Å². The minimum Gasteiger partial charge on any atom is -0.465 e. The molecule has 2 rings (SSSR count). The van der Waals surface area contributed by atoms with Crippen LogP contribution in [0.15, 0.2) is 35.7 Å². The number of aromatic nitrogens is 2. The lowest BCUT2D eigenvalue weighted by Crippen LogP contribution is -2.11. The first-order valence-electron chi connectivity index (χ1n) is 5.88. The number of methoxy groups -OCH3 is 1. The minimum absolute atomic E-state index is 0.0537. The molecule has 0 unspecified atom stereocenters. The molecule has 1 aromatic carbocycles. The highest BCUT2D eigenvalue weighted by Crippen LogP contribution is 2.26. The van der Waals surface area contributed by atoms with Crippen molar-refractivity contribution in [2.45, 2.75) is 11.6 Å². The number of sulfone groups is 1. The molecule has 0 bridgehead atoms. The number of halogens is 1. The van der Waals surface area contributed by atoms with Gasteiger partial charge in [-0.3, -0.25) is 0 Å². The summed E-state index contributed by atoms with van der Waals surface area (Å²) in [5, 5.41) is 0. The Hall–Kier alpha value is -2.22. The fourth-order valence-electron chi connectivity index (χ4n) is 1.92. The summed E-state index contributed by atoms with van der Waals surface area (Å²) in [6.07, 6.45) is 5.40. The Balaban J connectivity index is 2.79. The Labute approximate surface area is 121 Å². The number of rotatable bonds is 4. The second-order valence-electron chi connectivity index (χ2n) is 4.34. The van der Waals surface area contributed by atoms with Crippen molar-refractivity contribution in [1.29, 1.82) is 0 Å². The first kappa shape index (κ1) is 15.2. The van der Waals surface area contributed by atoms with Gasteiger partial charge in [-0.05, 0) is 17.7 Å². The van der Waals surface area contributed by atoms with Crippen molar-refractivity contribution in [3.05, 3.63) is 42.0 Å². The van der Waals surface area contributed by atoms with Crippen molar-refractivity contribution in [2.24, 2.45) is 0 Å². The number of alkyl halides is 1. The summed E-state index contributed by atoms with van der Waals surface area (Å²) in [6.45, 7) is -0.920. The van der Waals surface area contributed by atoms with Gasteiger partial charge in [0.25, 0.3) is 0 Å². The van der Waals surface area contributed by atoms with Crippen LogP contribution in [0.1, 0.15) is 15.9 Å². The molecule has 0 aliphatic carbocycles. The Bertz CT molecular complexity index is 770. The summed E-state index contributed by atoms with van der Waals surface area (Å²) in [5.74, 6) is -0.787. The number of hydrogen-bond donors (Lipinski definition) is 0. The van der Waals surface area contributed by atoms with Gasteiger partial charge in [0.2, 0.25) is 0 Å². The van der Waals surface area contributed by atoms with E-state index in [2.05, 4.69) is 9.72 Å². The van der Waals surface area contributed by atoms with E-state index in [0.717, 1.165) is 19.4 Å². The highest BCUT2D eigenvalue weighted by molar-refractivity contribution is 7.90. The van der Waals surface area contributed by atoms with Gasteiger partial charge in [0.1, 0.15) is 6.67 Å². The molecule has 0 aliphatic rings. The van der Waals surface area contributed by atoms with Crippen LogP contribution >= 0.6 is 0 Å². The molecule has 2 aromatic rings. The second kappa shape index (κ2) is 5.65. The highest BCUT2D eigenvalue weighted by atomic mass is 32.2. The monoisotopic (exact) mass is 312 g/mol. The van der Waals surface area contributed by atoms with Crippen LogP contribution in [0.4, 0.5) is 4.39 Å². The van der Waals surface area contributed by atoms with Crippen molar-refractivity contribution in [3.63, 3.8) is 0 Å². The molecular formula is C13H13FN2O4S. The Morgan fingerprint density at radius 2 is 2.14 bits per heavy atom. The number of ether oxygens (including phenoxy) is 1. The number of benzene rings is 1. The predicted molar refractivity (Wildman–Crippen MR) is 72.8 cm³/mol. The van der Waals surface area contributed by atoms with Gasteiger partial charge in [0.05, 0.1) is 29.6 Å². The SMILES string of the molecule is COC(=O)c1cc(S(C)(=O)=O)c(-n2ccnc2)cc1CF. The van der Waals surface area contributed by atoms with Gasteiger partial charge >= 0.3 is 5.97 Å². The molecule has 1 heterocycles. The summed E-state index contributed by atoms with van der Waals surface area (Å²) < 4.78 is 43.0. The average Bonchev–Trinajstić information content (AvgIpc) is 2.98. The van der Waals surface area contributed by atoms with Crippen molar-refractivity contribution >= 4 is 15.8 Å². The highest BCUT2D eigenvalue weighted by Gasteiger charge is 2.22. The molecule has 0 saturated carbocycles. The molecule has 0 fully saturated rings. The third-order valence-corrected chi connectivity index (χ3v) is 4.04. The Morgan fingerprint density at radius 3 is 2.62 bits per heavy atom. The predicted octanol–water partition coefficient (Wildman–Crippen LogP) is 1.53. The lowest BCUT2D eigenvalue weighted by atomic mass is 10.1. The molecule has 0 N–H and O–H groups in total. The number of nitrogens with zero attached hydrogens (tertiary/aromatic N) is 2. The second-order valence-corrected chi connectivity index (χ2v) is 6.33. The van der Waals surface area contributed by atoms with Crippen molar-refractivity contribution in [3.8, 4) is 5.69 Å². The van der Waals surface area contributed by atoms with Gasteiger partial charge in [-0.2, -0.15) is 0 Å². The standard InChI is InChI=1S/C13H13FN2O4S/c1-20-13(17)10-6-12(21(2,18)19)11(5-9(10)7-14)16-4-3-15-8-16/h3-6,8H,7H2,1-2H3. The molecule has 112 valence electrons. The summed E-state index contributed by atoms with van der Waals surface area (Å²) >= 11 is 0. The van der Waals surface area contributed by atoms with Crippen molar-refractivity contribution in [2.75, 3.05) is 13.4 Å². The van der Waals surface area contributed by atoms with E-state index < -0.39 is 22.5 Å². The molecule has 0 atom stereocenters. The molecule has 1 aromatic heterocycles. The topological polar surface area (TPSA) is 78.3 Å². The van der Waals surface area contributed by atoms with E-state index in [-0.39, 0.29) is 21.7 Å². The number of imidazole rings is 1. The van der Waals surface area contributed by atoms with Crippen LogP contribution in [0.3, 0.4) is 0 Å². The van der Waals surface area contributed by atoms with Crippen LogP contribution in [-0.2, 0) is 21.2 Å². The molecule has 0 aliphatic heterocycles. The van der Waals surface area contributed by atoms with Gasteiger partial charge in [-0.25, -0.2) is 22.6 Å². The van der Waals surface area contributed by atoms with Gasteiger partial charge in [0, 0.05) is 18.6 Å². The van der Waals surface area contributed by atoms with E-state index in [9.17, 15) is 17.6 Å². The molecule has 6 nitrogen and oxygen atoms in total. The van der Waals surface area contributed by atoms with Crippen molar-refractivity contribution < 1.29 is 22.3 Å². The van der Waals surface area contributed by atoms with E-state index in [1.54, 1.807) is 0 Å². The smallest absolute Gasteiger partial charge is 0.338 e. The van der Waals surface area contributed by atoms with Crippen LogP contribution in [0.2, 0.25) is 0 Å². The van der Waals surface area contributed by atoms with E-state index >= 15 is 0 Å². The van der Waals surface area contributed by atoms with Crippen LogP contribution in [-0.4, -0.2) is 37.3 Å². The van der Waals surface area contributed by atoms with Gasteiger partial charge in [0.15, 0.2) is 9.84 Å². The van der Waals surface area contributed by atoms with Crippen LogP contribution < -0.4 is 0 Å². The molecule has 8 heteroatoms. The number of carbonyl (C=O) groups is 1. The number of carbonyl (C=O) groups excluding carboxylic acids is 1. The molecule has 21 heavy (non-hydrogen) atoms. The summed E-state index contributed by atoms with van der Waals surface area (Å²) in [6, 6.07) is 2.44. The summed E-state index contributed by atoms with van der Waals surface area (Å²) in [5.41, 5.74) is 0.178. The van der Waals surface area contributed by atoms with Crippen molar-refractivity contribution in [1.82, 2.24) is 9.55 Å². The molecule has 0 saturated heterocycles. The molecule has 0 radical (unpaired) electrons. The molecule has 0 amide bonds. The molecular weight excluding hydrogens is 299 g/mol. The van der Waals surface area contributed by atoms with Gasteiger partial charge in [-0.15, -0.1) is 0 Å². The number of hydrogen-bond acceptors (Lipinski definition) is 5. The normalized spacial score (nSPS) is 11.4. The van der Waals surface area contributed by atoms with Crippen LogP contribution in [0.5, 0.6) is 0 Å². The maximum Gasteiger partial charge on any atom is 0.338 e. The third kappa shape index (κ3) is 2.94. The van der Waals surface area contributed by atoms with E-state index in [4.69, 9.17) is 0 Å². The summed E-state index contributed by atoms with van der Waals surface area (Å²) in [7, 11) is -2.48. The Morgan fingerprint density at radius 1 is 1.43 bits per heavy atom. The lowest BCUT2D eigenvalue weighted by molar-refractivity contribution is 0.0598. The summed E-state index contributed by atoms with van der Waals surface area (Å²) in [4.78, 5) is 15.4. The van der Waals surface area contributed by atoms with Gasteiger partial charge in [-0.1, -0.05) is 0 Å². The zero-order chi connectivity index (χ0) is 15.6. The van der Waals surface area contributed by atoms with Gasteiger partial charge < -0.3 is 9.30 Å². The number of esters is 1. The zero-order valence-corrected chi connectivity index (χ0v) is 12.2.